The minimum Gasteiger partial charge on any atom is -0.496 e. The van der Waals surface area contributed by atoms with Gasteiger partial charge in [-0.05, 0) is 88.3 Å². The first kappa shape index (κ1) is 23.4. The van der Waals surface area contributed by atoms with Crippen LogP contribution >= 0.6 is 23.5 Å². The summed E-state index contributed by atoms with van der Waals surface area (Å²) in [5.41, 5.74) is 4.25. The van der Waals surface area contributed by atoms with Crippen molar-refractivity contribution >= 4 is 39.8 Å². The summed E-state index contributed by atoms with van der Waals surface area (Å²) in [7, 11) is 0. The van der Waals surface area contributed by atoms with Gasteiger partial charge in [-0.15, -0.1) is 0 Å². The highest BCUT2D eigenvalue weighted by atomic mass is 32.2. The van der Waals surface area contributed by atoms with Crippen LogP contribution in [0.1, 0.15) is 11.1 Å². The van der Waals surface area contributed by atoms with Crippen LogP contribution in [0.5, 0.6) is 0 Å². The largest absolute Gasteiger partial charge is 0.496 e. The molecule has 0 radical (unpaired) electrons. The summed E-state index contributed by atoms with van der Waals surface area (Å²) in [6.45, 7) is 7.41. The SMILES string of the molecule is C=CC(=O)Sc1ccc(COC=Cc2ccc(-c3ccc(SC(=O)C=C)cc3)cc2)cc1. The second-order valence-electron chi connectivity index (χ2n) is 6.65. The quantitative estimate of drug-likeness (QED) is 0.193. The third-order valence-corrected chi connectivity index (χ3v) is 6.15. The first-order chi connectivity index (χ1) is 15.6. The van der Waals surface area contributed by atoms with Crippen molar-refractivity contribution < 1.29 is 14.3 Å². The van der Waals surface area contributed by atoms with Gasteiger partial charge < -0.3 is 4.74 Å². The Hall–Kier alpha value is -3.28. The van der Waals surface area contributed by atoms with E-state index in [1.54, 1.807) is 6.26 Å². The topological polar surface area (TPSA) is 43.4 Å². The molecule has 3 aromatic rings. The molecule has 3 nitrogen and oxygen atoms in total. The number of rotatable bonds is 9. The van der Waals surface area contributed by atoms with E-state index < -0.39 is 0 Å². The molecule has 0 amide bonds. The molecule has 5 heteroatoms. The zero-order valence-corrected chi connectivity index (χ0v) is 19.0. The van der Waals surface area contributed by atoms with E-state index in [2.05, 4.69) is 25.3 Å². The molecule has 0 aliphatic rings. The van der Waals surface area contributed by atoms with E-state index in [1.807, 2.05) is 66.7 Å². The van der Waals surface area contributed by atoms with Crippen molar-refractivity contribution in [1.82, 2.24) is 0 Å². The fourth-order valence-corrected chi connectivity index (χ4v) is 3.92. The Bertz CT molecular complexity index is 1110. The molecule has 0 aliphatic heterocycles. The molecular formula is C27H22O3S2. The van der Waals surface area contributed by atoms with Crippen LogP contribution in [0.2, 0.25) is 0 Å². The maximum absolute atomic E-state index is 11.4. The van der Waals surface area contributed by atoms with Gasteiger partial charge in [0.1, 0.15) is 6.61 Å². The lowest BCUT2D eigenvalue weighted by atomic mass is 10.0. The minimum absolute atomic E-state index is 0.0628. The van der Waals surface area contributed by atoms with Gasteiger partial charge in [-0.2, -0.15) is 0 Å². The molecule has 0 spiro atoms. The summed E-state index contributed by atoms with van der Waals surface area (Å²) in [6.07, 6.45) is 6.22. The van der Waals surface area contributed by atoms with Gasteiger partial charge in [0.2, 0.25) is 10.2 Å². The number of carbonyl (C=O) groups is 2. The van der Waals surface area contributed by atoms with E-state index >= 15 is 0 Å². The van der Waals surface area contributed by atoms with Crippen LogP contribution in [-0.4, -0.2) is 10.2 Å². The maximum atomic E-state index is 11.4. The number of benzene rings is 3. The zero-order valence-electron chi connectivity index (χ0n) is 17.4. The number of carbonyl (C=O) groups excluding carboxylic acids is 2. The molecule has 0 atom stereocenters. The van der Waals surface area contributed by atoms with E-state index in [9.17, 15) is 9.59 Å². The molecule has 3 rings (SSSR count). The van der Waals surface area contributed by atoms with Crippen LogP contribution in [0, 0.1) is 0 Å². The van der Waals surface area contributed by atoms with Gasteiger partial charge in [0.25, 0.3) is 0 Å². The molecule has 0 heterocycles. The van der Waals surface area contributed by atoms with E-state index in [-0.39, 0.29) is 10.2 Å². The third kappa shape index (κ3) is 7.15. The molecule has 32 heavy (non-hydrogen) atoms. The van der Waals surface area contributed by atoms with Crippen LogP contribution < -0.4 is 0 Å². The maximum Gasteiger partial charge on any atom is 0.216 e. The smallest absolute Gasteiger partial charge is 0.216 e. The molecule has 0 bridgehead atoms. The van der Waals surface area contributed by atoms with Crippen LogP contribution in [0.15, 0.2) is 114 Å². The summed E-state index contributed by atoms with van der Waals surface area (Å²) in [6, 6.07) is 23.7. The van der Waals surface area contributed by atoms with Gasteiger partial charge in [0, 0.05) is 9.79 Å². The van der Waals surface area contributed by atoms with E-state index in [0.29, 0.717) is 6.61 Å². The number of hydrogen-bond donors (Lipinski definition) is 0. The predicted octanol–water partition coefficient (Wildman–Crippen LogP) is 7.15. The van der Waals surface area contributed by atoms with Crippen molar-refractivity contribution in [2.45, 2.75) is 16.4 Å². The monoisotopic (exact) mass is 458 g/mol. The lowest BCUT2D eigenvalue weighted by molar-refractivity contribution is -0.107. The van der Waals surface area contributed by atoms with Crippen molar-refractivity contribution in [3.63, 3.8) is 0 Å². The van der Waals surface area contributed by atoms with E-state index in [0.717, 1.165) is 43.8 Å². The predicted molar refractivity (Wildman–Crippen MR) is 134 cm³/mol. The Morgan fingerprint density at radius 1 is 0.719 bits per heavy atom. The molecular weight excluding hydrogens is 436 g/mol. The van der Waals surface area contributed by atoms with Gasteiger partial charge in [0.05, 0.1) is 6.26 Å². The molecule has 0 fully saturated rings. The summed E-state index contributed by atoms with van der Waals surface area (Å²) in [5.74, 6) is 0. The van der Waals surface area contributed by atoms with Crippen molar-refractivity contribution in [2.75, 3.05) is 0 Å². The van der Waals surface area contributed by atoms with Gasteiger partial charge in [-0.1, -0.05) is 61.7 Å². The molecule has 0 saturated carbocycles. The highest BCUT2D eigenvalue weighted by molar-refractivity contribution is 8.14. The molecule has 3 aromatic carbocycles. The lowest BCUT2D eigenvalue weighted by Gasteiger charge is -2.05. The Morgan fingerprint density at radius 3 is 1.69 bits per heavy atom. The van der Waals surface area contributed by atoms with Gasteiger partial charge in [-0.3, -0.25) is 9.59 Å². The van der Waals surface area contributed by atoms with Gasteiger partial charge in [-0.25, -0.2) is 0 Å². The Labute approximate surface area is 196 Å². The van der Waals surface area contributed by atoms with E-state index in [4.69, 9.17) is 4.74 Å². The highest BCUT2D eigenvalue weighted by Crippen LogP contribution is 2.25. The standard InChI is InChI=1S/C27H22O3S2/c1-3-26(28)31-24-13-7-21(8-14-24)19-30-18-17-20-5-9-22(10-6-20)23-11-15-25(16-12-23)32-27(29)4-2/h3-18H,1-2,19H2. The average Bonchev–Trinajstić information content (AvgIpc) is 2.83. The Balaban J connectivity index is 1.51. The third-order valence-electron chi connectivity index (χ3n) is 4.40. The first-order valence-corrected chi connectivity index (χ1v) is 11.5. The van der Waals surface area contributed by atoms with Crippen LogP contribution in [0.3, 0.4) is 0 Å². The first-order valence-electron chi connectivity index (χ1n) is 9.83. The fourth-order valence-electron chi connectivity index (χ4n) is 2.74. The van der Waals surface area contributed by atoms with Crippen LogP contribution in [0.4, 0.5) is 0 Å². The van der Waals surface area contributed by atoms with Gasteiger partial charge >= 0.3 is 0 Å². The second-order valence-corrected chi connectivity index (χ2v) is 8.81. The molecule has 0 N–H and O–H groups in total. The summed E-state index contributed by atoms with van der Waals surface area (Å²) in [5, 5.41) is -0.133. The second kappa shape index (κ2) is 11.9. The van der Waals surface area contributed by atoms with Crippen LogP contribution in [0.25, 0.3) is 17.2 Å². The molecule has 0 aromatic heterocycles. The molecule has 0 aliphatic carbocycles. The van der Waals surface area contributed by atoms with Crippen molar-refractivity contribution in [1.29, 1.82) is 0 Å². The summed E-state index contributed by atoms with van der Waals surface area (Å²) < 4.78 is 5.63. The minimum atomic E-state index is -0.0704. The summed E-state index contributed by atoms with van der Waals surface area (Å²) in [4.78, 5) is 24.6. The Kier molecular flexibility index (Phi) is 8.72. The van der Waals surface area contributed by atoms with Crippen molar-refractivity contribution in [2.24, 2.45) is 0 Å². The summed E-state index contributed by atoms with van der Waals surface area (Å²) >= 11 is 2.32. The van der Waals surface area contributed by atoms with Gasteiger partial charge in [0.15, 0.2) is 0 Å². The Morgan fingerprint density at radius 2 is 1.19 bits per heavy atom. The van der Waals surface area contributed by atoms with E-state index in [1.165, 1.54) is 23.9 Å². The fraction of sp³-hybridized carbons (Fsp3) is 0.0370. The van der Waals surface area contributed by atoms with Crippen molar-refractivity contribution in [3.8, 4) is 11.1 Å². The number of ether oxygens (including phenoxy) is 1. The average molecular weight is 459 g/mol. The lowest BCUT2D eigenvalue weighted by Crippen LogP contribution is -1.88. The number of thioether (sulfide) groups is 2. The normalized spacial score (nSPS) is 10.6. The highest BCUT2D eigenvalue weighted by Gasteiger charge is 2.03. The number of hydrogen-bond acceptors (Lipinski definition) is 5. The zero-order chi connectivity index (χ0) is 22.8. The molecule has 160 valence electrons. The molecule has 0 saturated heterocycles. The van der Waals surface area contributed by atoms with Crippen molar-refractivity contribution in [3.05, 3.63) is 115 Å². The van der Waals surface area contributed by atoms with Crippen LogP contribution in [-0.2, 0) is 20.9 Å². The molecule has 0 unspecified atom stereocenters.